The summed E-state index contributed by atoms with van der Waals surface area (Å²) in [5.41, 5.74) is 4.94. The number of nitrogens with one attached hydrogen (secondary N) is 1. The van der Waals surface area contributed by atoms with Crippen LogP contribution >= 0.6 is 15.9 Å². The van der Waals surface area contributed by atoms with Gasteiger partial charge in [-0.2, -0.15) is 5.10 Å². The second kappa shape index (κ2) is 7.66. The molecule has 0 aliphatic carbocycles. The van der Waals surface area contributed by atoms with Gasteiger partial charge in [0.15, 0.2) is 0 Å². The van der Waals surface area contributed by atoms with Crippen molar-refractivity contribution in [3.63, 3.8) is 0 Å². The summed E-state index contributed by atoms with van der Waals surface area (Å²) in [5, 5.41) is 7.58. The van der Waals surface area contributed by atoms with Gasteiger partial charge >= 0.3 is 0 Å². The minimum Gasteiger partial charge on any atom is -0.352 e. The molecule has 0 radical (unpaired) electrons. The molecule has 0 fully saturated rings. The summed E-state index contributed by atoms with van der Waals surface area (Å²) in [7, 11) is 0. The molecule has 4 nitrogen and oxygen atoms in total. The van der Waals surface area contributed by atoms with Gasteiger partial charge in [0, 0.05) is 22.3 Å². The van der Waals surface area contributed by atoms with Crippen molar-refractivity contribution in [2.24, 2.45) is 0 Å². The van der Waals surface area contributed by atoms with Crippen LogP contribution in [0.2, 0.25) is 0 Å². The zero-order chi connectivity index (χ0) is 17.8. The highest BCUT2D eigenvalue weighted by atomic mass is 79.9. The summed E-state index contributed by atoms with van der Waals surface area (Å²) in [4.78, 5) is 12.4. The first kappa shape index (κ1) is 17.4. The van der Waals surface area contributed by atoms with Crippen LogP contribution in [-0.4, -0.2) is 15.7 Å². The molecule has 0 saturated carbocycles. The van der Waals surface area contributed by atoms with Crippen LogP contribution in [0.15, 0.2) is 59.1 Å². The predicted octanol–water partition coefficient (Wildman–Crippen LogP) is 4.11. The van der Waals surface area contributed by atoms with Crippen LogP contribution in [0.25, 0.3) is 5.69 Å². The SMILES string of the molecule is Cc1nn(-c2ccccc2)c(C)c1CC(=O)NCc1cccc(Br)c1. The zero-order valence-corrected chi connectivity index (χ0v) is 15.9. The van der Waals surface area contributed by atoms with E-state index in [1.807, 2.05) is 73.1 Å². The molecule has 0 aliphatic heterocycles. The number of para-hydroxylation sites is 1. The quantitative estimate of drug-likeness (QED) is 0.703. The van der Waals surface area contributed by atoms with E-state index in [4.69, 9.17) is 0 Å². The van der Waals surface area contributed by atoms with Crippen LogP contribution in [0.3, 0.4) is 0 Å². The van der Waals surface area contributed by atoms with Crippen LogP contribution in [-0.2, 0) is 17.8 Å². The van der Waals surface area contributed by atoms with Gasteiger partial charge in [0.25, 0.3) is 0 Å². The summed E-state index contributed by atoms with van der Waals surface area (Å²) in [6.45, 7) is 4.47. The van der Waals surface area contributed by atoms with Gasteiger partial charge in [-0.15, -0.1) is 0 Å². The molecule has 0 aliphatic rings. The van der Waals surface area contributed by atoms with Gasteiger partial charge in [0.1, 0.15) is 0 Å². The number of amides is 1. The largest absolute Gasteiger partial charge is 0.352 e. The Hall–Kier alpha value is -2.40. The summed E-state index contributed by atoms with van der Waals surface area (Å²) in [5.74, 6) is -0.00112. The van der Waals surface area contributed by atoms with Gasteiger partial charge in [-0.05, 0) is 43.7 Å². The van der Waals surface area contributed by atoms with Crippen LogP contribution in [0.1, 0.15) is 22.5 Å². The number of aryl methyl sites for hydroxylation is 1. The molecule has 5 heteroatoms. The molecule has 0 bridgehead atoms. The van der Waals surface area contributed by atoms with Crippen molar-refractivity contribution in [1.82, 2.24) is 15.1 Å². The average Bonchev–Trinajstić information content (AvgIpc) is 2.89. The van der Waals surface area contributed by atoms with Crippen LogP contribution in [0.4, 0.5) is 0 Å². The van der Waals surface area contributed by atoms with E-state index in [9.17, 15) is 4.79 Å². The molecule has 0 spiro atoms. The van der Waals surface area contributed by atoms with Gasteiger partial charge in [0.05, 0.1) is 17.8 Å². The first-order chi connectivity index (χ1) is 12.0. The van der Waals surface area contributed by atoms with Gasteiger partial charge in [-0.1, -0.05) is 46.3 Å². The third kappa shape index (κ3) is 4.17. The first-order valence-electron chi connectivity index (χ1n) is 8.16. The fourth-order valence-electron chi connectivity index (χ4n) is 2.82. The van der Waals surface area contributed by atoms with Gasteiger partial charge in [0.2, 0.25) is 5.91 Å². The molecule has 25 heavy (non-hydrogen) atoms. The van der Waals surface area contributed by atoms with Crippen molar-refractivity contribution in [2.75, 3.05) is 0 Å². The van der Waals surface area contributed by atoms with E-state index >= 15 is 0 Å². The topological polar surface area (TPSA) is 46.9 Å². The van der Waals surface area contributed by atoms with E-state index in [0.29, 0.717) is 13.0 Å². The van der Waals surface area contributed by atoms with Gasteiger partial charge in [-0.25, -0.2) is 4.68 Å². The second-order valence-corrected chi connectivity index (χ2v) is 6.90. The van der Waals surface area contributed by atoms with E-state index < -0.39 is 0 Å². The van der Waals surface area contributed by atoms with E-state index in [2.05, 4.69) is 26.3 Å². The number of halogens is 1. The number of rotatable bonds is 5. The lowest BCUT2D eigenvalue weighted by molar-refractivity contribution is -0.120. The standard InChI is InChI=1S/C20H20BrN3O/c1-14-19(15(2)24(23-14)18-9-4-3-5-10-18)12-20(25)22-13-16-7-6-8-17(21)11-16/h3-11H,12-13H2,1-2H3,(H,22,25). The molecule has 128 valence electrons. The smallest absolute Gasteiger partial charge is 0.224 e. The number of nitrogens with zero attached hydrogens (tertiary/aromatic N) is 2. The van der Waals surface area contributed by atoms with Gasteiger partial charge in [-0.3, -0.25) is 4.79 Å². The maximum Gasteiger partial charge on any atom is 0.224 e. The third-order valence-corrected chi connectivity index (χ3v) is 4.65. The van der Waals surface area contributed by atoms with Crippen molar-refractivity contribution < 1.29 is 4.79 Å². The Labute approximate surface area is 156 Å². The van der Waals surface area contributed by atoms with E-state index in [1.54, 1.807) is 0 Å². The predicted molar refractivity (Wildman–Crippen MR) is 103 cm³/mol. The fourth-order valence-corrected chi connectivity index (χ4v) is 3.27. The molecular weight excluding hydrogens is 378 g/mol. The number of benzene rings is 2. The van der Waals surface area contributed by atoms with Crippen molar-refractivity contribution in [1.29, 1.82) is 0 Å². The number of carbonyl (C=O) groups is 1. The highest BCUT2D eigenvalue weighted by Gasteiger charge is 2.15. The monoisotopic (exact) mass is 397 g/mol. The molecular formula is C20H20BrN3O. The Morgan fingerprint density at radius 2 is 1.88 bits per heavy atom. The molecule has 1 N–H and O–H groups in total. The molecule has 2 aromatic carbocycles. The minimum absolute atomic E-state index is 0.00112. The lowest BCUT2D eigenvalue weighted by Crippen LogP contribution is -2.25. The normalized spacial score (nSPS) is 10.7. The molecule has 0 unspecified atom stereocenters. The summed E-state index contributed by atoms with van der Waals surface area (Å²) in [6.07, 6.45) is 0.332. The van der Waals surface area contributed by atoms with E-state index in [1.165, 1.54) is 0 Å². The number of carbonyl (C=O) groups excluding carboxylic acids is 1. The Balaban J connectivity index is 1.70. The fraction of sp³-hybridized carbons (Fsp3) is 0.200. The van der Waals surface area contributed by atoms with Crippen LogP contribution in [0, 0.1) is 13.8 Å². The van der Waals surface area contributed by atoms with Crippen LogP contribution in [0.5, 0.6) is 0 Å². The summed E-state index contributed by atoms with van der Waals surface area (Å²) in [6, 6.07) is 17.9. The highest BCUT2D eigenvalue weighted by molar-refractivity contribution is 9.10. The Morgan fingerprint density at radius 3 is 2.60 bits per heavy atom. The maximum atomic E-state index is 12.4. The molecule has 1 heterocycles. The molecule has 0 atom stereocenters. The zero-order valence-electron chi connectivity index (χ0n) is 14.3. The van der Waals surface area contributed by atoms with Crippen molar-refractivity contribution in [3.8, 4) is 5.69 Å². The van der Waals surface area contributed by atoms with Crippen LogP contribution < -0.4 is 5.32 Å². The Kier molecular flexibility index (Phi) is 5.34. The highest BCUT2D eigenvalue weighted by Crippen LogP contribution is 2.18. The lowest BCUT2D eigenvalue weighted by Gasteiger charge is -2.07. The Bertz CT molecular complexity index is 887. The number of aromatic nitrogens is 2. The molecule has 0 saturated heterocycles. The first-order valence-corrected chi connectivity index (χ1v) is 8.95. The Morgan fingerprint density at radius 1 is 1.12 bits per heavy atom. The molecule has 3 aromatic rings. The maximum absolute atomic E-state index is 12.4. The molecule has 1 amide bonds. The number of hydrogen-bond donors (Lipinski definition) is 1. The molecule has 1 aromatic heterocycles. The molecule has 3 rings (SSSR count). The minimum atomic E-state index is -0.00112. The summed E-state index contributed by atoms with van der Waals surface area (Å²) < 4.78 is 2.90. The lowest BCUT2D eigenvalue weighted by atomic mass is 10.1. The van der Waals surface area contributed by atoms with Crippen molar-refractivity contribution in [2.45, 2.75) is 26.8 Å². The van der Waals surface area contributed by atoms with E-state index in [0.717, 1.165) is 32.7 Å². The average molecular weight is 398 g/mol. The van der Waals surface area contributed by atoms with Gasteiger partial charge < -0.3 is 5.32 Å². The third-order valence-electron chi connectivity index (χ3n) is 4.16. The number of hydrogen-bond acceptors (Lipinski definition) is 2. The second-order valence-electron chi connectivity index (χ2n) is 5.98. The van der Waals surface area contributed by atoms with Crippen molar-refractivity contribution >= 4 is 21.8 Å². The van der Waals surface area contributed by atoms with Crippen molar-refractivity contribution in [3.05, 3.63) is 81.6 Å². The van der Waals surface area contributed by atoms with E-state index in [-0.39, 0.29) is 5.91 Å². The summed E-state index contributed by atoms with van der Waals surface area (Å²) >= 11 is 3.44.